The van der Waals surface area contributed by atoms with Crippen molar-refractivity contribution in [3.8, 4) is 0 Å². The fourth-order valence-corrected chi connectivity index (χ4v) is 9.25. The van der Waals surface area contributed by atoms with E-state index < -0.39 is 48.1 Å². The van der Waals surface area contributed by atoms with Gasteiger partial charge in [0.2, 0.25) is 0 Å². The minimum atomic E-state index is -1.04. The second-order valence-electron chi connectivity index (χ2n) is 16.1. The van der Waals surface area contributed by atoms with Gasteiger partial charge in [-0.25, -0.2) is 0 Å². The lowest BCUT2D eigenvalue weighted by Crippen LogP contribution is -2.65. The fourth-order valence-electron chi connectivity index (χ4n) is 9.25. The molecule has 0 spiro atoms. The Balaban J connectivity index is 1.06. The normalized spacial score (nSPS) is 32.2. The highest BCUT2D eigenvalue weighted by Gasteiger charge is 2.45. The lowest BCUT2D eigenvalue weighted by molar-refractivity contribution is -0.544. The van der Waals surface area contributed by atoms with Crippen LogP contribution in [0.15, 0.2) is 96.3 Å². The van der Waals surface area contributed by atoms with E-state index in [2.05, 4.69) is 99.9 Å². The first-order chi connectivity index (χ1) is 23.9. The van der Waals surface area contributed by atoms with E-state index in [0.717, 1.165) is 50.2 Å². The van der Waals surface area contributed by atoms with Crippen molar-refractivity contribution in [2.45, 2.75) is 114 Å². The summed E-state index contributed by atoms with van der Waals surface area (Å²) < 4.78 is 0. The van der Waals surface area contributed by atoms with Crippen LogP contribution < -0.4 is 30.2 Å². The average molecular weight is 673 g/mol. The molecule has 3 aromatic carbocycles. The molecule has 6 heteroatoms. The van der Waals surface area contributed by atoms with Gasteiger partial charge in [-0.05, 0) is 70.9 Å². The summed E-state index contributed by atoms with van der Waals surface area (Å²) in [6.07, 6.45) is 3.97. The number of anilines is 2. The van der Waals surface area contributed by atoms with Crippen LogP contribution in [0.25, 0.3) is 0 Å². The molecular weight excluding hydrogens is 620 g/mol. The predicted octanol–water partition coefficient (Wildman–Crippen LogP) is 4.99. The van der Waals surface area contributed by atoms with Crippen LogP contribution in [0.5, 0.6) is 0 Å². The third kappa shape index (κ3) is 5.46. The predicted molar refractivity (Wildman–Crippen MR) is 194 cm³/mol. The number of benzene rings is 3. The number of fused-ring (bicyclic) bond motifs is 2. The number of allylic oxidation sites excluding steroid dienone is 2. The molecule has 4 atom stereocenters. The number of para-hydroxylation sites is 2. The van der Waals surface area contributed by atoms with Gasteiger partial charge in [0.15, 0.2) is 0 Å². The van der Waals surface area contributed by atoms with E-state index in [0.29, 0.717) is 11.1 Å². The highest BCUT2D eigenvalue weighted by Crippen LogP contribution is 2.52. The maximum atomic E-state index is 13.7. The Morgan fingerprint density at radius 3 is 1.22 bits per heavy atom. The van der Waals surface area contributed by atoms with Crippen molar-refractivity contribution in [2.75, 3.05) is 22.9 Å². The summed E-state index contributed by atoms with van der Waals surface area (Å²) in [6, 6.07) is 24.1. The number of unbranched alkanes of at least 4 members (excludes halogenated alkanes) is 2. The summed E-state index contributed by atoms with van der Waals surface area (Å²) in [5.41, 5.74) is 7.75. The van der Waals surface area contributed by atoms with Crippen molar-refractivity contribution in [1.82, 2.24) is 0 Å². The molecular formula is C44H52N2O4-4. The van der Waals surface area contributed by atoms with Crippen molar-refractivity contribution >= 4 is 11.4 Å². The summed E-state index contributed by atoms with van der Waals surface area (Å²) in [5, 5.41) is 54.8. The van der Waals surface area contributed by atoms with Gasteiger partial charge in [0, 0.05) is 46.7 Å². The number of hydrogen-bond donors (Lipinski definition) is 0. The number of nitrogens with zero attached hydrogens (tertiary/aromatic N) is 2. The molecule has 0 aromatic heterocycles. The van der Waals surface area contributed by atoms with Crippen LogP contribution >= 0.6 is 0 Å². The molecule has 2 heterocycles. The maximum absolute atomic E-state index is 13.7. The second-order valence-corrected chi connectivity index (χ2v) is 16.1. The zero-order valence-corrected chi connectivity index (χ0v) is 30.5. The third-order valence-electron chi connectivity index (χ3n) is 12.4. The molecule has 0 saturated heterocycles. The van der Waals surface area contributed by atoms with E-state index >= 15 is 0 Å². The molecule has 0 bridgehead atoms. The third-order valence-corrected chi connectivity index (χ3v) is 12.4. The minimum Gasteiger partial charge on any atom is -0.851 e. The summed E-state index contributed by atoms with van der Waals surface area (Å²) in [4.78, 5) is 4.63. The van der Waals surface area contributed by atoms with Crippen molar-refractivity contribution in [2.24, 2.45) is 11.8 Å². The first kappa shape index (κ1) is 35.0. The van der Waals surface area contributed by atoms with Crippen LogP contribution in [0.4, 0.5) is 11.4 Å². The van der Waals surface area contributed by atoms with E-state index in [4.69, 9.17) is 0 Å². The van der Waals surface area contributed by atoms with Crippen LogP contribution in [0.2, 0.25) is 0 Å². The molecule has 6 nitrogen and oxygen atoms in total. The SMILES string of the molecule is CCCCN1C(=CC2C([O-])C(c3ccc(C4C([O-])C(C=C5N(CCCC)c6ccccc6C5(C)C)C4[O-])cc3)C2[O-])C(C)(C)c2ccccc21. The molecule has 266 valence electrons. The highest BCUT2D eigenvalue weighted by molar-refractivity contribution is 5.71. The lowest BCUT2D eigenvalue weighted by Gasteiger charge is -2.62. The van der Waals surface area contributed by atoms with Crippen molar-refractivity contribution in [3.63, 3.8) is 0 Å². The number of hydrogen-bond acceptors (Lipinski definition) is 6. The molecule has 50 heavy (non-hydrogen) atoms. The van der Waals surface area contributed by atoms with E-state index in [-0.39, 0.29) is 10.8 Å². The van der Waals surface area contributed by atoms with Crippen LogP contribution in [0.1, 0.15) is 101 Å². The van der Waals surface area contributed by atoms with Gasteiger partial charge in [0.25, 0.3) is 0 Å². The molecule has 2 aliphatic heterocycles. The van der Waals surface area contributed by atoms with E-state index in [9.17, 15) is 20.4 Å². The Morgan fingerprint density at radius 2 is 0.880 bits per heavy atom. The van der Waals surface area contributed by atoms with Crippen LogP contribution in [-0.4, -0.2) is 37.5 Å². The first-order valence-electron chi connectivity index (χ1n) is 18.8. The highest BCUT2D eigenvalue weighted by atomic mass is 16.3. The minimum absolute atomic E-state index is 0.290. The average Bonchev–Trinajstić information content (AvgIpc) is 3.46. The van der Waals surface area contributed by atoms with Gasteiger partial charge in [-0.1, -0.05) is 127 Å². The Labute approximate surface area is 298 Å². The second kappa shape index (κ2) is 13.3. The summed E-state index contributed by atoms with van der Waals surface area (Å²) in [5.74, 6) is -2.50. The standard InChI is InChI=1S/C44H52N2O4/c1-7-9-23-45-33-17-13-11-15-31(33)43(3,4)35(45)25-29-39(47)37(40(29)48)27-19-21-28(22-20-27)38-41(49)30(42(38)50)26-36-44(5,6)32-16-12-14-18-34(32)46(36)24-10-8-2/h11-22,25-26,29-30,37-42H,7-10,23-24H2,1-6H3/q-4. The first-order valence-corrected chi connectivity index (χ1v) is 18.8. The van der Waals surface area contributed by atoms with E-state index in [1.807, 2.05) is 36.4 Å². The molecule has 7 rings (SSSR count). The smallest absolute Gasteiger partial charge is 0.0450 e. The summed E-state index contributed by atoms with van der Waals surface area (Å²) in [6.45, 7) is 14.8. The lowest BCUT2D eigenvalue weighted by atomic mass is 9.63. The van der Waals surface area contributed by atoms with Gasteiger partial charge in [-0.15, -0.1) is 24.4 Å². The van der Waals surface area contributed by atoms with Gasteiger partial charge in [0.05, 0.1) is 0 Å². The Kier molecular flexibility index (Phi) is 9.30. The van der Waals surface area contributed by atoms with Crippen LogP contribution in [0.3, 0.4) is 0 Å². The van der Waals surface area contributed by atoms with Crippen molar-refractivity contribution in [3.05, 3.63) is 119 Å². The van der Waals surface area contributed by atoms with Crippen LogP contribution in [0, 0.1) is 11.8 Å². The fraction of sp³-hybridized carbons (Fsp3) is 0.500. The van der Waals surface area contributed by atoms with Crippen molar-refractivity contribution in [1.29, 1.82) is 0 Å². The quantitative estimate of drug-likeness (QED) is 0.301. The van der Waals surface area contributed by atoms with Gasteiger partial charge >= 0.3 is 0 Å². The molecule has 3 aromatic rings. The maximum Gasteiger partial charge on any atom is 0.0450 e. The molecule has 2 saturated carbocycles. The molecule has 0 radical (unpaired) electrons. The summed E-state index contributed by atoms with van der Waals surface area (Å²) >= 11 is 0. The van der Waals surface area contributed by atoms with Crippen molar-refractivity contribution < 1.29 is 20.4 Å². The molecule has 2 fully saturated rings. The molecule has 4 unspecified atom stereocenters. The topological polar surface area (TPSA) is 98.7 Å². The number of rotatable bonds is 10. The largest absolute Gasteiger partial charge is 0.851 e. The molecule has 2 aliphatic carbocycles. The zero-order chi connectivity index (χ0) is 35.5. The zero-order valence-electron chi connectivity index (χ0n) is 30.5. The van der Waals surface area contributed by atoms with E-state index in [1.54, 1.807) is 0 Å². The summed E-state index contributed by atoms with van der Waals surface area (Å²) in [7, 11) is 0. The Morgan fingerprint density at radius 1 is 0.540 bits per heavy atom. The molecule has 0 amide bonds. The molecule has 0 N–H and O–H groups in total. The molecule has 4 aliphatic rings. The van der Waals surface area contributed by atoms with Gasteiger partial charge in [-0.2, -0.15) is 0 Å². The van der Waals surface area contributed by atoms with Gasteiger partial charge in [-0.3, -0.25) is 0 Å². The monoisotopic (exact) mass is 672 g/mol. The Hall–Kier alpha value is -3.42. The van der Waals surface area contributed by atoms with E-state index in [1.165, 1.54) is 22.5 Å². The van der Waals surface area contributed by atoms with Gasteiger partial charge in [0.1, 0.15) is 0 Å². The van der Waals surface area contributed by atoms with Crippen LogP contribution in [-0.2, 0) is 10.8 Å². The van der Waals surface area contributed by atoms with Gasteiger partial charge < -0.3 is 30.2 Å². The Bertz CT molecular complexity index is 1610.